The maximum Gasteiger partial charge on any atom is 0.312 e. The fourth-order valence-electron chi connectivity index (χ4n) is 4.03. The molecule has 0 aromatic heterocycles. The van der Waals surface area contributed by atoms with Crippen molar-refractivity contribution in [3.05, 3.63) is 35.9 Å². The molecule has 1 aliphatic rings. The number of hydrogen-bond donors (Lipinski definition) is 1. The minimum Gasteiger partial charge on any atom is -0.469 e. The van der Waals surface area contributed by atoms with Gasteiger partial charge in [-0.05, 0) is 46.6 Å². The van der Waals surface area contributed by atoms with Crippen LogP contribution in [0.2, 0.25) is 0 Å². The summed E-state index contributed by atoms with van der Waals surface area (Å²) in [6.45, 7) is 9.58. The van der Waals surface area contributed by atoms with E-state index in [1.165, 1.54) is 7.11 Å². The van der Waals surface area contributed by atoms with Crippen molar-refractivity contribution in [1.29, 1.82) is 0 Å². The molecular weight excluding hydrogens is 304 g/mol. The largest absolute Gasteiger partial charge is 0.469 e. The molecule has 133 valence electrons. The highest BCUT2D eigenvalue weighted by Crippen LogP contribution is 2.42. The predicted molar refractivity (Wildman–Crippen MR) is 92.6 cm³/mol. The highest BCUT2D eigenvalue weighted by Gasteiger charge is 2.56. The Morgan fingerprint density at radius 2 is 1.83 bits per heavy atom. The number of methoxy groups -OCH3 is 1. The molecule has 5 heteroatoms. The lowest BCUT2D eigenvalue weighted by molar-refractivity contribution is -0.304. The number of ether oxygens (including phenoxy) is 1. The van der Waals surface area contributed by atoms with Crippen molar-refractivity contribution in [2.75, 3.05) is 7.11 Å². The van der Waals surface area contributed by atoms with Gasteiger partial charge < -0.3 is 10.1 Å². The number of piperidine rings is 1. The minimum absolute atomic E-state index is 0.0770. The number of carbonyl (C=O) groups excluding carboxylic acids is 1. The lowest BCUT2D eigenvalue weighted by Gasteiger charge is -2.54. The van der Waals surface area contributed by atoms with Gasteiger partial charge in [0.1, 0.15) is 0 Å². The van der Waals surface area contributed by atoms with E-state index in [4.69, 9.17) is 4.74 Å². The van der Waals surface area contributed by atoms with Crippen LogP contribution in [0.4, 0.5) is 0 Å². The van der Waals surface area contributed by atoms with Crippen LogP contribution in [0.5, 0.6) is 0 Å². The summed E-state index contributed by atoms with van der Waals surface area (Å²) >= 11 is 0. The van der Waals surface area contributed by atoms with Gasteiger partial charge in [-0.3, -0.25) is 4.79 Å². The lowest BCUT2D eigenvalue weighted by atomic mass is 9.70. The first-order chi connectivity index (χ1) is 11.1. The van der Waals surface area contributed by atoms with Crippen LogP contribution in [0.25, 0.3) is 0 Å². The topological polar surface area (TPSA) is 61.5 Å². The van der Waals surface area contributed by atoms with Crippen LogP contribution in [0, 0.1) is 5.92 Å². The summed E-state index contributed by atoms with van der Waals surface area (Å²) in [6, 6.07) is 10.0. The molecule has 2 rings (SSSR count). The molecule has 3 atom stereocenters. The molecule has 1 heterocycles. The number of rotatable bonds is 4. The zero-order valence-electron chi connectivity index (χ0n) is 15.5. The van der Waals surface area contributed by atoms with Crippen molar-refractivity contribution in [2.45, 2.75) is 64.2 Å². The average molecular weight is 333 g/mol. The van der Waals surface area contributed by atoms with Gasteiger partial charge in [-0.15, -0.1) is 10.3 Å². The molecule has 1 N–H and O–H groups in total. The molecule has 0 spiro atoms. The zero-order chi connectivity index (χ0) is 18.1. The maximum atomic E-state index is 12.8. The summed E-state index contributed by atoms with van der Waals surface area (Å²) in [7, 11) is 1.38. The van der Waals surface area contributed by atoms with Crippen molar-refractivity contribution < 1.29 is 14.7 Å². The number of hydrogen-bond acceptors (Lipinski definition) is 4. The molecule has 0 aliphatic carbocycles. The number of benzene rings is 1. The van der Waals surface area contributed by atoms with Gasteiger partial charge in [0, 0.05) is 17.6 Å². The second-order valence-electron chi connectivity index (χ2n) is 7.87. The van der Waals surface area contributed by atoms with Crippen molar-refractivity contribution in [2.24, 2.45) is 5.92 Å². The van der Waals surface area contributed by atoms with Crippen LogP contribution < -0.4 is 5.32 Å². The third-order valence-corrected chi connectivity index (χ3v) is 5.17. The average Bonchev–Trinajstić information content (AvgIpc) is 2.53. The van der Waals surface area contributed by atoms with Crippen LogP contribution in [-0.4, -0.2) is 35.3 Å². The Morgan fingerprint density at radius 1 is 1.25 bits per heavy atom. The number of esters is 1. The molecule has 1 fully saturated rings. The van der Waals surface area contributed by atoms with Crippen LogP contribution in [0.3, 0.4) is 0 Å². The Kier molecular flexibility index (Phi) is 5.37. The van der Waals surface area contributed by atoms with E-state index in [9.17, 15) is 10.0 Å². The van der Waals surface area contributed by atoms with E-state index in [1.807, 2.05) is 45.9 Å². The first kappa shape index (κ1) is 18.9. The van der Waals surface area contributed by atoms with E-state index in [1.54, 1.807) is 0 Å². The van der Waals surface area contributed by atoms with E-state index in [2.05, 4.69) is 24.4 Å². The molecule has 1 aliphatic heterocycles. The second-order valence-corrected chi connectivity index (χ2v) is 7.87. The van der Waals surface area contributed by atoms with Crippen LogP contribution in [0.15, 0.2) is 30.3 Å². The fraction of sp³-hybridized carbons (Fsp3) is 0.632. The Morgan fingerprint density at radius 3 is 2.38 bits per heavy atom. The number of nitrogens with one attached hydrogen (secondary N) is 1. The zero-order valence-corrected chi connectivity index (χ0v) is 15.5. The van der Waals surface area contributed by atoms with E-state index >= 15 is 0 Å². The molecule has 1 radical (unpaired) electrons. The van der Waals surface area contributed by atoms with E-state index < -0.39 is 17.0 Å². The summed E-state index contributed by atoms with van der Waals surface area (Å²) in [5.74, 6) is -0.867. The maximum absolute atomic E-state index is 12.8. The lowest BCUT2D eigenvalue weighted by Crippen LogP contribution is -2.69. The van der Waals surface area contributed by atoms with E-state index in [-0.39, 0.29) is 18.1 Å². The fourth-order valence-corrected chi connectivity index (χ4v) is 4.03. The summed E-state index contributed by atoms with van der Waals surface area (Å²) < 4.78 is 5.01. The van der Waals surface area contributed by atoms with Crippen LogP contribution in [-0.2, 0) is 14.7 Å². The quantitative estimate of drug-likeness (QED) is 0.860. The molecule has 5 nitrogen and oxygen atoms in total. The van der Waals surface area contributed by atoms with Crippen molar-refractivity contribution in [3.8, 4) is 0 Å². The van der Waals surface area contributed by atoms with E-state index in [0.717, 1.165) is 10.6 Å². The molecule has 1 aromatic rings. The summed E-state index contributed by atoms with van der Waals surface area (Å²) in [6.07, 6.45) is 0.580. The van der Waals surface area contributed by atoms with Gasteiger partial charge in [0.15, 0.2) is 0 Å². The SMILES string of the molecule is COC(=O)[C@@H]1[C@H](N[C@H](C)c2ccccc2)CC(C)(C)N([O])C1(C)C. The molecule has 0 unspecified atom stereocenters. The van der Waals surface area contributed by atoms with Gasteiger partial charge in [-0.25, -0.2) is 0 Å². The molecular formula is C19H29N2O3. The smallest absolute Gasteiger partial charge is 0.312 e. The van der Waals surface area contributed by atoms with Crippen molar-refractivity contribution in [3.63, 3.8) is 0 Å². The third kappa shape index (κ3) is 3.48. The predicted octanol–water partition coefficient (Wildman–Crippen LogP) is 3.10. The molecule has 24 heavy (non-hydrogen) atoms. The molecule has 0 bridgehead atoms. The minimum atomic E-state index is -0.844. The number of carbonyl (C=O) groups is 1. The summed E-state index contributed by atoms with van der Waals surface area (Å²) in [5, 5.41) is 17.4. The monoisotopic (exact) mass is 333 g/mol. The van der Waals surface area contributed by atoms with Gasteiger partial charge in [0.2, 0.25) is 0 Å². The van der Waals surface area contributed by atoms with E-state index in [0.29, 0.717) is 6.42 Å². The van der Waals surface area contributed by atoms with Gasteiger partial charge in [-0.2, -0.15) is 0 Å². The molecule has 0 saturated carbocycles. The summed E-state index contributed by atoms with van der Waals surface area (Å²) in [4.78, 5) is 12.4. The molecule has 1 aromatic carbocycles. The number of hydroxylamine groups is 2. The van der Waals surface area contributed by atoms with Crippen molar-refractivity contribution in [1.82, 2.24) is 10.4 Å². The first-order valence-electron chi connectivity index (χ1n) is 8.47. The highest BCUT2D eigenvalue weighted by atomic mass is 16.5. The van der Waals surface area contributed by atoms with Gasteiger partial charge >= 0.3 is 5.97 Å². The highest BCUT2D eigenvalue weighted by molar-refractivity contribution is 5.75. The Labute approximate surface area is 145 Å². The van der Waals surface area contributed by atoms with Gasteiger partial charge in [0.05, 0.1) is 18.6 Å². The molecule has 0 amide bonds. The Bertz CT molecular complexity index is 571. The van der Waals surface area contributed by atoms with Crippen LogP contribution in [0.1, 0.15) is 52.6 Å². The van der Waals surface area contributed by atoms with Crippen LogP contribution >= 0.6 is 0 Å². The second kappa shape index (κ2) is 6.82. The standard InChI is InChI=1S/C19H29N2O3/c1-13(14-10-8-7-9-11-14)20-15-12-18(2,3)21(23)19(4,5)16(15)17(22)24-6/h7-11,13,15-16,20H,12H2,1-6H3/t13-,15-,16+/m1/s1. The van der Waals surface area contributed by atoms with Crippen molar-refractivity contribution >= 4 is 5.97 Å². The normalized spacial score (nSPS) is 27.5. The Hall–Kier alpha value is -1.43. The van der Waals surface area contributed by atoms with Gasteiger partial charge in [-0.1, -0.05) is 30.3 Å². The first-order valence-corrected chi connectivity index (χ1v) is 8.47. The number of nitrogens with zero attached hydrogens (tertiary/aromatic N) is 1. The Balaban J connectivity index is 2.32. The summed E-state index contributed by atoms with van der Waals surface area (Å²) in [5.41, 5.74) is -0.244. The van der Waals surface area contributed by atoms with Gasteiger partial charge in [0.25, 0.3) is 0 Å². The molecule has 1 saturated heterocycles. The third-order valence-electron chi connectivity index (χ3n) is 5.17.